The molecule has 0 spiro atoms. The van der Waals surface area contributed by atoms with Crippen LogP contribution in [0.15, 0.2) is 24.3 Å². The number of hydrogen-bond donors (Lipinski definition) is 2. The lowest BCUT2D eigenvalue weighted by molar-refractivity contribution is 0.0685. The molecule has 0 amide bonds. The average molecular weight is 289 g/mol. The van der Waals surface area contributed by atoms with E-state index in [-0.39, 0.29) is 12.7 Å². The molecule has 5 heteroatoms. The van der Waals surface area contributed by atoms with Gasteiger partial charge in [-0.2, -0.15) is 0 Å². The number of carboxylic acids is 1. The molecule has 0 aliphatic heterocycles. The summed E-state index contributed by atoms with van der Waals surface area (Å²) in [4.78, 5) is 11.5. The number of hydrogen-bond acceptors (Lipinski definition) is 3. The van der Waals surface area contributed by atoms with Gasteiger partial charge in [0.25, 0.3) is 0 Å². The second kappa shape index (κ2) is 5.41. The normalized spacial score (nSPS) is 16.1. The van der Waals surface area contributed by atoms with Gasteiger partial charge in [0.05, 0.1) is 12.1 Å². The molecular formula is C16H19NO4. The number of rotatable bonds is 6. The van der Waals surface area contributed by atoms with Crippen molar-refractivity contribution in [2.45, 2.75) is 32.4 Å². The molecule has 1 aromatic heterocycles. The highest BCUT2D eigenvalue weighted by Gasteiger charge is 2.26. The van der Waals surface area contributed by atoms with Gasteiger partial charge in [0.2, 0.25) is 0 Å². The summed E-state index contributed by atoms with van der Waals surface area (Å²) < 4.78 is 7.59. The summed E-state index contributed by atoms with van der Waals surface area (Å²) in [6, 6.07) is 7.25. The Labute approximate surface area is 122 Å². The van der Waals surface area contributed by atoms with Crippen molar-refractivity contribution in [1.82, 2.24) is 4.57 Å². The second-order valence-corrected chi connectivity index (χ2v) is 5.69. The van der Waals surface area contributed by atoms with E-state index < -0.39 is 5.97 Å². The quantitative estimate of drug-likeness (QED) is 0.857. The second-order valence-electron chi connectivity index (χ2n) is 5.69. The van der Waals surface area contributed by atoms with Crippen LogP contribution in [0.25, 0.3) is 10.9 Å². The van der Waals surface area contributed by atoms with Crippen molar-refractivity contribution in [2.24, 2.45) is 5.92 Å². The Morgan fingerprint density at radius 3 is 2.86 bits per heavy atom. The van der Waals surface area contributed by atoms with E-state index in [1.807, 2.05) is 22.8 Å². The fourth-order valence-corrected chi connectivity index (χ4v) is 2.56. The van der Waals surface area contributed by atoms with E-state index in [2.05, 4.69) is 0 Å². The maximum absolute atomic E-state index is 11.5. The molecule has 0 radical (unpaired) electrons. The topological polar surface area (TPSA) is 71.7 Å². The van der Waals surface area contributed by atoms with E-state index in [9.17, 15) is 9.90 Å². The van der Waals surface area contributed by atoms with Crippen LogP contribution in [-0.2, 0) is 6.54 Å². The van der Waals surface area contributed by atoms with Crippen LogP contribution in [0.5, 0.6) is 5.75 Å². The van der Waals surface area contributed by atoms with Crippen molar-refractivity contribution >= 4 is 16.9 Å². The van der Waals surface area contributed by atoms with Gasteiger partial charge in [-0.05, 0) is 37.8 Å². The zero-order valence-electron chi connectivity index (χ0n) is 12.0. The molecule has 2 N–H and O–H groups in total. The molecule has 5 nitrogen and oxygen atoms in total. The summed E-state index contributed by atoms with van der Waals surface area (Å²) in [5.41, 5.74) is 1.10. The van der Waals surface area contributed by atoms with Crippen LogP contribution in [0.3, 0.4) is 0 Å². The van der Waals surface area contributed by atoms with Crippen LogP contribution in [0.4, 0.5) is 0 Å². The minimum absolute atomic E-state index is 0.0779. The van der Waals surface area contributed by atoms with Crippen molar-refractivity contribution in [1.29, 1.82) is 0 Å². The highest BCUT2D eigenvalue weighted by molar-refractivity contribution is 5.96. The summed E-state index contributed by atoms with van der Waals surface area (Å²) in [6.07, 6.45) is 1.97. The number of benzene rings is 1. The molecule has 1 fully saturated rings. The van der Waals surface area contributed by atoms with E-state index in [0.29, 0.717) is 23.9 Å². The summed E-state index contributed by atoms with van der Waals surface area (Å²) in [5.74, 6) is 0.261. The summed E-state index contributed by atoms with van der Waals surface area (Å²) in [6.45, 7) is 2.41. The van der Waals surface area contributed by atoms with Crippen LogP contribution in [0, 0.1) is 5.92 Å². The molecule has 21 heavy (non-hydrogen) atoms. The zero-order chi connectivity index (χ0) is 15.0. The van der Waals surface area contributed by atoms with Gasteiger partial charge in [-0.25, -0.2) is 4.79 Å². The molecule has 1 heterocycles. The maximum Gasteiger partial charge on any atom is 0.352 e. The Morgan fingerprint density at radius 1 is 1.48 bits per heavy atom. The zero-order valence-corrected chi connectivity index (χ0v) is 12.0. The number of fused-ring (bicyclic) bond motifs is 1. The van der Waals surface area contributed by atoms with Crippen molar-refractivity contribution in [2.75, 3.05) is 6.61 Å². The van der Waals surface area contributed by atoms with Gasteiger partial charge in [0, 0.05) is 11.9 Å². The van der Waals surface area contributed by atoms with Gasteiger partial charge in [0.15, 0.2) is 0 Å². The first kappa shape index (κ1) is 13.9. The van der Waals surface area contributed by atoms with Crippen LogP contribution >= 0.6 is 0 Å². The van der Waals surface area contributed by atoms with Crippen LogP contribution < -0.4 is 4.74 Å². The minimum Gasteiger partial charge on any atom is -0.486 e. The Hall–Kier alpha value is -2.01. The molecule has 0 saturated heterocycles. The third kappa shape index (κ3) is 2.74. The van der Waals surface area contributed by atoms with Gasteiger partial charge < -0.3 is 19.5 Å². The van der Waals surface area contributed by atoms with Crippen molar-refractivity contribution in [3.8, 4) is 5.75 Å². The number of aromatic nitrogens is 1. The predicted octanol–water partition coefficient (Wildman–Crippen LogP) is 2.51. The molecule has 1 aromatic carbocycles. The lowest BCUT2D eigenvalue weighted by Gasteiger charge is -2.15. The Morgan fingerprint density at radius 2 is 2.24 bits per heavy atom. The molecule has 1 aliphatic carbocycles. The first-order valence-corrected chi connectivity index (χ1v) is 7.23. The van der Waals surface area contributed by atoms with Crippen LogP contribution in [-0.4, -0.2) is 33.5 Å². The molecule has 0 unspecified atom stereocenters. The molecule has 2 aromatic rings. The summed E-state index contributed by atoms with van der Waals surface area (Å²) in [7, 11) is 0. The summed E-state index contributed by atoms with van der Waals surface area (Å²) >= 11 is 0. The van der Waals surface area contributed by atoms with Crippen molar-refractivity contribution in [3.05, 3.63) is 30.0 Å². The SMILES string of the molecule is C[C@H](CO)Oc1cccc2cc(C(=O)O)n(CC3CC3)c12. The number of aliphatic hydroxyl groups excluding tert-OH is 1. The smallest absolute Gasteiger partial charge is 0.352 e. The largest absolute Gasteiger partial charge is 0.486 e. The third-order valence-electron chi connectivity index (χ3n) is 3.83. The number of ether oxygens (including phenoxy) is 1. The minimum atomic E-state index is -0.923. The molecule has 1 atom stereocenters. The van der Waals surface area contributed by atoms with Gasteiger partial charge in [-0.1, -0.05) is 12.1 Å². The fraction of sp³-hybridized carbons (Fsp3) is 0.438. The van der Waals surface area contributed by atoms with Crippen LogP contribution in [0.2, 0.25) is 0 Å². The fourth-order valence-electron chi connectivity index (χ4n) is 2.56. The number of nitrogens with zero attached hydrogens (tertiary/aromatic N) is 1. The van der Waals surface area contributed by atoms with E-state index in [1.54, 1.807) is 13.0 Å². The lowest BCUT2D eigenvalue weighted by Crippen LogP contribution is -2.17. The Balaban J connectivity index is 2.12. The highest BCUT2D eigenvalue weighted by Crippen LogP contribution is 2.36. The third-order valence-corrected chi connectivity index (χ3v) is 3.83. The predicted molar refractivity (Wildman–Crippen MR) is 78.8 cm³/mol. The monoisotopic (exact) mass is 289 g/mol. The molecule has 1 aliphatic rings. The first-order chi connectivity index (χ1) is 10.1. The van der Waals surface area contributed by atoms with Gasteiger partial charge in [-0.15, -0.1) is 0 Å². The maximum atomic E-state index is 11.5. The standard InChI is InChI=1S/C16H19NO4/c1-10(9-18)21-14-4-2-3-12-7-13(16(19)20)17(15(12)14)8-11-5-6-11/h2-4,7,10-11,18H,5-6,8-9H2,1H3,(H,19,20)/t10-/m1/s1. The van der Waals surface area contributed by atoms with Gasteiger partial charge in [0.1, 0.15) is 17.5 Å². The van der Waals surface area contributed by atoms with Gasteiger partial charge in [-0.3, -0.25) is 0 Å². The highest BCUT2D eigenvalue weighted by atomic mass is 16.5. The lowest BCUT2D eigenvalue weighted by atomic mass is 10.2. The van der Waals surface area contributed by atoms with Crippen molar-refractivity contribution in [3.63, 3.8) is 0 Å². The number of carbonyl (C=O) groups is 1. The number of aliphatic hydroxyl groups is 1. The molecule has 3 rings (SSSR count). The van der Waals surface area contributed by atoms with E-state index in [0.717, 1.165) is 23.7 Å². The number of para-hydroxylation sites is 1. The average Bonchev–Trinajstić information content (AvgIpc) is 3.19. The van der Waals surface area contributed by atoms with Gasteiger partial charge >= 0.3 is 5.97 Å². The Kier molecular flexibility index (Phi) is 3.59. The molecular weight excluding hydrogens is 270 g/mol. The molecule has 0 bridgehead atoms. The number of carboxylic acid groups (broad SMARTS) is 1. The van der Waals surface area contributed by atoms with Crippen molar-refractivity contribution < 1.29 is 19.7 Å². The Bertz CT molecular complexity index is 672. The molecule has 112 valence electrons. The first-order valence-electron chi connectivity index (χ1n) is 7.23. The van der Waals surface area contributed by atoms with E-state index >= 15 is 0 Å². The van der Waals surface area contributed by atoms with E-state index in [1.165, 1.54) is 0 Å². The van der Waals surface area contributed by atoms with E-state index in [4.69, 9.17) is 9.84 Å². The van der Waals surface area contributed by atoms with Crippen LogP contribution in [0.1, 0.15) is 30.3 Å². The molecule has 1 saturated carbocycles. The summed E-state index contributed by atoms with van der Waals surface area (Å²) in [5, 5.41) is 19.4. The number of aromatic carboxylic acids is 1.